The molecular formula is C11H17F3N2O. The molecule has 0 bridgehead atoms. The number of carbonyl (C=O) groups excluding carboxylic acids is 1. The van der Waals surface area contributed by atoms with Crippen LogP contribution in [0.3, 0.4) is 0 Å². The number of nitrogens with one attached hydrogen (secondary N) is 2. The number of carbonyl (C=O) groups is 1. The van der Waals surface area contributed by atoms with Gasteiger partial charge in [0.25, 0.3) is 0 Å². The van der Waals surface area contributed by atoms with Crippen molar-refractivity contribution in [2.75, 3.05) is 13.1 Å². The molecule has 1 aliphatic heterocycles. The molecule has 6 heteroatoms. The molecule has 0 aromatic rings. The quantitative estimate of drug-likeness (QED) is 0.795. The van der Waals surface area contributed by atoms with Crippen molar-refractivity contribution >= 4 is 5.91 Å². The van der Waals surface area contributed by atoms with E-state index in [-0.39, 0.29) is 19.3 Å². The highest BCUT2D eigenvalue weighted by Gasteiger charge is 2.64. The lowest BCUT2D eigenvalue weighted by Crippen LogP contribution is -2.47. The third kappa shape index (κ3) is 2.91. The minimum absolute atomic E-state index is 0.0211. The van der Waals surface area contributed by atoms with Crippen LogP contribution in [0.4, 0.5) is 13.2 Å². The molecule has 1 saturated heterocycles. The van der Waals surface area contributed by atoms with Crippen LogP contribution in [0.1, 0.15) is 32.1 Å². The molecule has 1 atom stereocenters. The fraction of sp³-hybridized carbons (Fsp3) is 0.909. The molecule has 0 aromatic heterocycles. The molecule has 1 aliphatic carbocycles. The number of hydrogen-bond donors (Lipinski definition) is 2. The van der Waals surface area contributed by atoms with Crippen molar-refractivity contribution in [1.29, 1.82) is 0 Å². The summed E-state index contributed by atoms with van der Waals surface area (Å²) in [5, 5.41) is 5.32. The second-order valence-electron chi connectivity index (χ2n) is 5.03. The van der Waals surface area contributed by atoms with E-state index in [2.05, 4.69) is 10.6 Å². The zero-order valence-corrected chi connectivity index (χ0v) is 9.57. The van der Waals surface area contributed by atoms with Crippen LogP contribution in [0.2, 0.25) is 0 Å². The van der Waals surface area contributed by atoms with Crippen molar-refractivity contribution in [3.63, 3.8) is 0 Å². The molecule has 2 N–H and O–H groups in total. The molecule has 0 spiro atoms. The maximum Gasteiger partial charge on any atom is 0.411 e. The summed E-state index contributed by atoms with van der Waals surface area (Å²) in [6.07, 6.45) is -2.38. The van der Waals surface area contributed by atoms with Gasteiger partial charge in [0.2, 0.25) is 5.91 Å². The monoisotopic (exact) mass is 250 g/mol. The SMILES string of the molecule is O=C(CCC1CCNC1)NC1(C(F)(F)F)CC1. The van der Waals surface area contributed by atoms with Crippen molar-refractivity contribution in [3.8, 4) is 0 Å². The molecule has 1 amide bonds. The predicted octanol–water partition coefficient (Wildman–Crippen LogP) is 1.59. The number of alkyl halides is 3. The fourth-order valence-electron chi connectivity index (χ4n) is 2.23. The molecule has 1 saturated carbocycles. The van der Waals surface area contributed by atoms with E-state index in [1.54, 1.807) is 0 Å². The smallest absolute Gasteiger partial charge is 0.342 e. The highest BCUT2D eigenvalue weighted by Crippen LogP contribution is 2.48. The van der Waals surface area contributed by atoms with Crippen molar-refractivity contribution in [2.24, 2.45) is 5.92 Å². The lowest BCUT2D eigenvalue weighted by atomic mass is 10.0. The highest BCUT2D eigenvalue weighted by molar-refractivity contribution is 5.77. The Balaban J connectivity index is 1.74. The van der Waals surface area contributed by atoms with Gasteiger partial charge in [0.15, 0.2) is 0 Å². The second kappa shape index (κ2) is 4.48. The average molecular weight is 250 g/mol. The van der Waals surface area contributed by atoms with Crippen LogP contribution in [0, 0.1) is 5.92 Å². The number of amides is 1. The van der Waals surface area contributed by atoms with Gasteiger partial charge in [0, 0.05) is 6.42 Å². The van der Waals surface area contributed by atoms with Gasteiger partial charge in [-0.25, -0.2) is 0 Å². The van der Waals surface area contributed by atoms with Gasteiger partial charge in [0.1, 0.15) is 5.54 Å². The fourth-order valence-corrected chi connectivity index (χ4v) is 2.23. The topological polar surface area (TPSA) is 41.1 Å². The molecule has 0 radical (unpaired) electrons. The summed E-state index contributed by atoms with van der Waals surface area (Å²) in [6.45, 7) is 1.82. The minimum atomic E-state index is -4.31. The first-order valence-electron chi connectivity index (χ1n) is 6.01. The maximum absolute atomic E-state index is 12.6. The van der Waals surface area contributed by atoms with Gasteiger partial charge < -0.3 is 10.6 Å². The molecule has 2 aliphatic rings. The first-order valence-corrected chi connectivity index (χ1v) is 6.01. The summed E-state index contributed by atoms with van der Waals surface area (Å²) < 4.78 is 37.7. The Morgan fingerprint density at radius 2 is 2.12 bits per heavy atom. The largest absolute Gasteiger partial charge is 0.411 e. The number of rotatable bonds is 4. The van der Waals surface area contributed by atoms with E-state index in [9.17, 15) is 18.0 Å². The summed E-state index contributed by atoms with van der Waals surface area (Å²) >= 11 is 0. The van der Waals surface area contributed by atoms with E-state index in [4.69, 9.17) is 0 Å². The van der Waals surface area contributed by atoms with E-state index in [0.29, 0.717) is 12.3 Å². The van der Waals surface area contributed by atoms with Crippen LogP contribution in [0.25, 0.3) is 0 Å². The highest BCUT2D eigenvalue weighted by atomic mass is 19.4. The van der Waals surface area contributed by atoms with Crippen LogP contribution in [-0.2, 0) is 4.79 Å². The molecule has 17 heavy (non-hydrogen) atoms. The van der Waals surface area contributed by atoms with Gasteiger partial charge >= 0.3 is 6.18 Å². The zero-order chi connectivity index (χ0) is 12.5. The molecule has 98 valence electrons. The van der Waals surface area contributed by atoms with E-state index in [1.165, 1.54) is 0 Å². The first kappa shape index (κ1) is 12.7. The maximum atomic E-state index is 12.6. The summed E-state index contributed by atoms with van der Waals surface area (Å²) in [5.41, 5.74) is -1.90. The molecule has 0 aromatic carbocycles. The van der Waals surface area contributed by atoms with Gasteiger partial charge in [-0.2, -0.15) is 13.2 Å². The van der Waals surface area contributed by atoms with E-state index in [1.807, 2.05) is 0 Å². The third-order valence-corrected chi connectivity index (χ3v) is 3.61. The second-order valence-corrected chi connectivity index (χ2v) is 5.03. The van der Waals surface area contributed by atoms with Crippen molar-refractivity contribution < 1.29 is 18.0 Å². The van der Waals surface area contributed by atoms with Crippen molar-refractivity contribution in [2.45, 2.75) is 43.8 Å². The van der Waals surface area contributed by atoms with Gasteiger partial charge in [0.05, 0.1) is 0 Å². The van der Waals surface area contributed by atoms with Gasteiger partial charge in [-0.05, 0) is 44.7 Å². The van der Waals surface area contributed by atoms with Crippen LogP contribution >= 0.6 is 0 Å². The Kier molecular flexibility index (Phi) is 3.34. The third-order valence-electron chi connectivity index (χ3n) is 3.61. The first-order chi connectivity index (χ1) is 7.93. The van der Waals surface area contributed by atoms with Crippen LogP contribution in [-0.4, -0.2) is 30.7 Å². The minimum Gasteiger partial charge on any atom is -0.342 e. The molecule has 2 fully saturated rings. The Bertz CT molecular complexity index is 294. The van der Waals surface area contributed by atoms with E-state index in [0.717, 1.165) is 19.5 Å². The normalized spacial score (nSPS) is 26.9. The van der Waals surface area contributed by atoms with Crippen LogP contribution in [0.5, 0.6) is 0 Å². The summed E-state index contributed by atoms with van der Waals surface area (Å²) in [6, 6.07) is 0. The Hall–Kier alpha value is -0.780. The van der Waals surface area contributed by atoms with Crippen molar-refractivity contribution in [1.82, 2.24) is 10.6 Å². The Morgan fingerprint density at radius 3 is 2.59 bits per heavy atom. The average Bonchev–Trinajstić information content (AvgIpc) is 2.84. The summed E-state index contributed by atoms with van der Waals surface area (Å²) in [5.74, 6) is -0.0338. The lowest BCUT2D eigenvalue weighted by Gasteiger charge is -2.21. The van der Waals surface area contributed by atoms with Gasteiger partial charge in [-0.3, -0.25) is 4.79 Å². The molecule has 1 heterocycles. The predicted molar refractivity (Wildman–Crippen MR) is 56.4 cm³/mol. The number of hydrogen-bond acceptors (Lipinski definition) is 2. The molecular weight excluding hydrogens is 233 g/mol. The van der Waals surface area contributed by atoms with Gasteiger partial charge in [-0.1, -0.05) is 0 Å². The van der Waals surface area contributed by atoms with Crippen LogP contribution < -0.4 is 10.6 Å². The lowest BCUT2D eigenvalue weighted by molar-refractivity contribution is -0.170. The van der Waals surface area contributed by atoms with E-state index < -0.39 is 17.6 Å². The van der Waals surface area contributed by atoms with E-state index >= 15 is 0 Å². The number of halogens is 3. The van der Waals surface area contributed by atoms with Crippen LogP contribution in [0.15, 0.2) is 0 Å². The van der Waals surface area contributed by atoms with Gasteiger partial charge in [-0.15, -0.1) is 0 Å². The van der Waals surface area contributed by atoms with Crippen molar-refractivity contribution in [3.05, 3.63) is 0 Å². The molecule has 1 unspecified atom stereocenters. The standard InChI is InChI=1S/C11H17F3N2O/c12-11(13,14)10(4-5-10)16-9(17)2-1-8-3-6-15-7-8/h8,15H,1-7H2,(H,16,17). The summed E-state index contributed by atoms with van der Waals surface area (Å²) in [4.78, 5) is 11.5. The Labute approximate surface area is 98.1 Å². The summed E-state index contributed by atoms with van der Waals surface area (Å²) in [7, 11) is 0. The molecule has 2 rings (SSSR count). The zero-order valence-electron chi connectivity index (χ0n) is 9.57. The Morgan fingerprint density at radius 1 is 1.41 bits per heavy atom. The molecule has 3 nitrogen and oxygen atoms in total.